The summed E-state index contributed by atoms with van der Waals surface area (Å²) in [4.78, 5) is 35.7. The Labute approximate surface area is 614 Å². The van der Waals surface area contributed by atoms with Crippen molar-refractivity contribution in [3.8, 4) is 35.8 Å². The van der Waals surface area contributed by atoms with Crippen LogP contribution in [0.1, 0.15) is 203 Å². The van der Waals surface area contributed by atoms with E-state index in [1.54, 1.807) is 24.3 Å². The summed E-state index contributed by atoms with van der Waals surface area (Å²) in [5.41, 5.74) is 5.85. The van der Waals surface area contributed by atoms with Crippen LogP contribution in [-0.2, 0) is 14.5 Å². The first-order valence-electron chi connectivity index (χ1n) is 32.6. The number of likely N-dealkylation sites (tertiary alicyclic amines) is 3. The Kier molecular flexibility index (Phi) is 52.0. The highest BCUT2D eigenvalue weighted by Gasteiger charge is 2.21. The zero-order valence-electron chi connectivity index (χ0n) is 56.8. The maximum atomic E-state index is 11.3. The number of hydrogen-bond acceptors (Lipinski definition) is 14. The minimum atomic E-state index is -0.294. The number of Topliss-reactive ketones (excluding diaryl/α,β-unsaturated/α-hetero) is 1. The average molecular weight is 1530 g/mol. The van der Waals surface area contributed by atoms with Gasteiger partial charge in [-0.05, 0) is 263 Å². The molecule has 96 heavy (non-hydrogen) atoms. The highest BCUT2D eigenvalue weighted by molar-refractivity contribution is 9.09. The largest absolute Gasteiger partial charge is 0.494 e. The number of ether oxygens (including phenoxy) is 4. The van der Waals surface area contributed by atoms with E-state index < -0.39 is 0 Å². The number of halogens is 5. The van der Waals surface area contributed by atoms with E-state index in [4.69, 9.17) is 68.3 Å². The molecule has 14 nitrogen and oxygen atoms in total. The molecule has 544 valence electrons. The van der Waals surface area contributed by atoms with Gasteiger partial charge in [-0.2, -0.15) is 0 Å². The highest BCUT2D eigenvalue weighted by atomic mass is 79.9. The summed E-state index contributed by atoms with van der Waals surface area (Å²) in [5.74, 6) is 5.31. The third kappa shape index (κ3) is 41.7. The molecule has 0 unspecified atom stereocenters. The third-order valence-corrected chi connectivity index (χ3v) is 16.0. The van der Waals surface area contributed by atoms with E-state index >= 15 is 0 Å². The molecule has 3 saturated heterocycles. The Hall–Kier alpha value is -4.57. The number of carbonyl (C=O) groups is 1. The van der Waals surface area contributed by atoms with Crippen LogP contribution in [0.25, 0.3) is 0 Å². The fourth-order valence-corrected chi connectivity index (χ4v) is 10.4. The van der Waals surface area contributed by atoms with Crippen molar-refractivity contribution in [2.24, 2.45) is 15.5 Å². The zero-order valence-corrected chi connectivity index (χ0v) is 62.3. The molecule has 0 saturated carbocycles. The molecule has 0 radical (unpaired) electrons. The molecule has 4 aromatic rings. The molecule has 0 amide bonds. The van der Waals surface area contributed by atoms with Crippen LogP contribution < -0.4 is 18.9 Å². The monoisotopic (exact) mass is 1520 g/mol. The number of oxime groups is 3. The minimum Gasteiger partial charge on any atom is -0.494 e. The Morgan fingerprint density at radius 3 is 1.03 bits per heavy atom. The summed E-state index contributed by atoms with van der Waals surface area (Å²) in [6.07, 6.45) is 22.0. The van der Waals surface area contributed by atoms with Gasteiger partial charge in [0.15, 0.2) is 5.78 Å². The third-order valence-electron chi connectivity index (χ3n) is 14.1. The molecular formula is C77H123Br2Cl3N6O8. The number of piperidine rings is 2. The quantitative estimate of drug-likeness (QED) is 0.0124. The lowest BCUT2D eigenvalue weighted by molar-refractivity contribution is 0.0000769. The summed E-state index contributed by atoms with van der Waals surface area (Å²) in [6, 6.07) is 32.1. The first-order chi connectivity index (χ1) is 44.1. The molecule has 3 aliphatic heterocycles. The van der Waals surface area contributed by atoms with Gasteiger partial charge < -0.3 is 38.4 Å². The topological polar surface area (TPSA) is 128 Å². The van der Waals surface area contributed by atoms with E-state index in [1.807, 2.05) is 98.7 Å². The minimum absolute atomic E-state index is 0. The van der Waals surface area contributed by atoms with Crippen LogP contribution in [0.4, 0.5) is 0 Å². The lowest BCUT2D eigenvalue weighted by Gasteiger charge is -2.27. The number of alkyl halides is 5. The van der Waals surface area contributed by atoms with Gasteiger partial charge in [0.1, 0.15) is 51.2 Å². The Balaban J connectivity index is 0. The van der Waals surface area contributed by atoms with Crippen LogP contribution in [0.15, 0.2) is 113 Å². The van der Waals surface area contributed by atoms with Crippen molar-refractivity contribution < 1.29 is 38.3 Å². The predicted octanol–water partition coefficient (Wildman–Crippen LogP) is 20.3. The summed E-state index contributed by atoms with van der Waals surface area (Å²) < 4.78 is 22.6. The smallest absolute Gasteiger partial charge is 0.173 e. The molecule has 0 bridgehead atoms. The van der Waals surface area contributed by atoms with Crippen molar-refractivity contribution in [3.63, 3.8) is 0 Å². The highest BCUT2D eigenvalue weighted by Crippen LogP contribution is 2.22. The van der Waals surface area contributed by atoms with Gasteiger partial charge in [-0.1, -0.05) is 89.9 Å². The first-order valence-corrected chi connectivity index (χ1v) is 36.5. The zero-order chi connectivity index (χ0) is 67.6. The maximum absolute atomic E-state index is 11.3. The number of nitrogens with zero attached hydrogens (tertiary/aromatic N) is 6. The van der Waals surface area contributed by atoms with E-state index in [0.29, 0.717) is 53.7 Å². The standard InChI is InChI=1S/C25H41N3O2.C20H31ClN2O2.C15H21BrClNO2.C11H12BrClO2.C2H2.4CH4/c1-21-10-8-17-28(21)18-9-19-29-23-13-11-22(12-14-23)24(26-30-25(2,3)4)20-27-15-6-5-7-16-27;1-20(2,3)25-22-19(16-23-13-5-4-6-14-23)17-8-10-18(11-9-17)24-15-7-12-21;1-15(2,3)20-18-14(11-16)12-5-7-13(8-6-12)19-10-4-9-17;12-8-11(14)9-2-4-10(5-3-9)15-7-1-6-13;1-2;;;;/h11-14,21H,5-10,15-20H2,1-4H3;8-11H,4-7,12-16H2,1-3H3;5-8H,4,9-11H2,1-3H3;2-5H,1,6-8H2;1-2H;4*1H4/b26-24+;22-19+;18-14+;;;;;;/t21-;;;;;;;;/m1......../s1. The van der Waals surface area contributed by atoms with Gasteiger partial charge in [0.2, 0.25) is 0 Å². The van der Waals surface area contributed by atoms with Crippen LogP contribution in [-0.4, -0.2) is 168 Å². The Morgan fingerprint density at radius 2 is 0.750 bits per heavy atom. The van der Waals surface area contributed by atoms with Gasteiger partial charge >= 0.3 is 0 Å². The van der Waals surface area contributed by atoms with Crippen LogP contribution in [0.2, 0.25) is 0 Å². The second kappa shape index (κ2) is 53.4. The predicted molar refractivity (Wildman–Crippen MR) is 420 cm³/mol. The number of hydrogen-bond donors (Lipinski definition) is 0. The van der Waals surface area contributed by atoms with Gasteiger partial charge in [-0.15, -0.1) is 47.6 Å². The first kappa shape index (κ1) is 93.5. The van der Waals surface area contributed by atoms with Crippen LogP contribution in [0.5, 0.6) is 23.0 Å². The SMILES string of the molecule is C.C.C.C.C#C.CC(C)(C)O/N=C(\CBr)c1ccc(OCCCCl)cc1.CC(C)(C)O/N=C(\CN1CCCCC1)c1ccc(OCCCCl)cc1.C[C@@H]1CCCN1CCCOc1ccc(/C(CN2CCCCC2)=N/OC(C)(C)C)cc1.O=C(CBr)c1ccc(OCCCCl)cc1. The van der Waals surface area contributed by atoms with Crippen molar-refractivity contribution in [1.29, 1.82) is 0 Å². The van der Waals surface area contributed by atoms with Crippen molar-refractivity contribution in [1.82, 2.24) is 14.7 Å². The van der Waals surface area contributed by atoms with E-state index in [-0.39, 0.29) is 52.3 Å². The van der Waals surface area contributed by atoms with E-state index in [0.717, 1.165) is 141 Å². The van der Waals surface area contributed by atoms with Crippen molar-refractivity contribution in [2.45, 2.75) is 199 Å². The van der Waals surface area contributed by atoms with E-state index in [2.05, 4.69) is 118 Å². The fraction of sp³-hybridized carbons (Fsp3) is 0.610. The molecule has 3 heterocycles. The summed E-state index contributed by atoms with van der Waals surface area (Å²) in [5, 5.41) is 14.2. The molecule has 4 aromatic carbocycles. The second-order valence-corrected chi connectivity index (χ2v) is 27.8. The normalized spacial score (nSPS) is 15.3. The molecule has 19 heteroatoms. The van der Waals surface area contributed by atoms with Crippen LogP contribution >= 0.6 is 66.7 Å². The molecule has 1 atom stereocenters. The van der Waals surface area contributed by atoms with Gasteiger partial charge in [0.05, 0.1) is 37.5 Å². The van der Waals surface area contributed by atoms with E-state index in [9.17, 15) is 4.79 Å². The van der Waals surface area contributed by atoms with Crippen LogP contribution in [0.3, 0.4) is 0 Å². The molecule has 3 fully saturated rings. The molecule has 0 spiro atoms. The fourth-order valence-electron chi connectivity index (χ4n) is 9.30. The van der Waals surface area contributed by atoms with Crippen LogP contribution in [0, 0.1) is 12.8 Å². The lowest BCUT2D eigenvalue weighted by atomic mass is 10.1. The van der Waals surface area contributed by atoms with Crippen molar-refractivity contribution in [3.05, 3.63) is 119 Å². The molecule has 0 aliphatic carbocycles. The number of carbonyl (C=O) groups excluding carboxylic acids is 1. The number of terminal acetylenes is 1. The number of rotatable bonds is 30. The van der Waals surface area contributed by atoms with Crippen molar-refractivity contribution in [2.75, 3.05) is 107 Å². The molecule has 0 N–H and O–H groups in total. The van der Waals surface area contributed by atoms with Gasteiger partial charge in [0, 0.05) is 70.9 Å². The molecule has 0 aromatic heterocycles. The average Bonchev–Trinajstić information content (AvgIpc) is 1.32. The van der Waals surface area contributed by atoms with Gasteiger partial charge in [-0.3, -0.25) is 14.6 Å². The summed E-state index contributed by atoms with van der Waals surface area (Å²) >= 11 is 23.4. The summed E-state index contributed by atoms with van der Waals surface area (Å²) in [7, 11) is 0. The lowest BCUT2D eigenvalue weighted by Crippen LogP contribution is -2.35. The number of benzene rings is 4. The van der Waals surface area contributed by atoms with Gasteiger partial charge in [0.25, 0.3) is 0 Å². The van der Waals surface area contributed by atoms with Crippen molar-refractivity contribution >= 4 is 89.6 Å². The molecule has 3 aliphatic rings. The molecule has 7 rings (SSSR count). The number of ketones is 1. The second-order valence-electron chi connectivity index (χ2n) is 25.6. The Bertz CT molecular complexity index is 2710. The molecular weight excluding hydrogens is 1400 g/mol. The Morgan fingerprint density at radius 1 is 0.448 bits per heavy atom. The maximum Gasteiger partial charge on any atom is 0.173 e. The summed E-state index contributed by atoms with van der Waals surface area (Å²) in [6.45, 7) is 31.6. The van der Waals surface area contributed by atoms with E-state index in [1.165, 1.54) is 57.9 Å². The van der Waals surface area contributed by atoms with Gasteiger partial charge in [-0.25, -0.2) is 0 Å².